The number of urea groups is 1. The van der Waals surface area contributed by atoms with Gasteiger partial charge in [0.1, 0.15) is 11.6 Å². The number of thioether (sulfide) groups is 1. The predicted molar refractivity (Wildman–Crippen MR) is 90.6 cm³/mol. The first kappa shape index (κ1) is 16.4. The molecule has 0 saturated carbocycles. The van der Waals surface area contributed by atoms with Gasteiger partial charge in [-0.1, -0.05) is 42.1 Å². The summed E-state index contributed by atoms with van der Waals surface area (Å²) in [5.41, 5.74) is 2.15. The third kappa shape index (κ3) is 2.54. The van der Waals surface area contributed by atoms with E-state index in [0.717, 1.165) is 30.0 Å². The first-order valence-corrected chi connectivity index (χ1v) is 8.07. The zero-order valence-corrected chi connectivity index (χ0v) is 13.9. The minimum Gasteiger partial charge on any atom is -0.329 e. The van der Waals surface area contributed by atoms with Gasteiger partial charge in [0.05, 0.1) is 5.55 Å². The van der Waals surface area contributed by atoms with E-state index in [0.29, 0.717) is 5.56 Å². The maximum Gasteiger partial charge on any atom is 0.341 e. The fraction of sp³-hybridized carbons (Fsp3) is 0.176. The van der Waals surface area contributed by atoms with E-state index in [1.807, 2.05) is 6.07 Å². The number of carbonyl (C=O) groups is 1. The Morgan fingerprint density at radius 2 is 1.88 bits per heavy atom. The number of halogens is 2. The van der Waals surface area contributed by atoms with E-state index in [9.17, 15) is 13.6 Å². The van der Waals surface area contributed by atoms with Gasteiger partial charge < -0.3 is 4.90 Å². The molecule has 1 heterocycles. The Kier molecular flexibility index (Phi) is 4.28. The van der Waals surface area contributed by atoms with Crippen LogP contribution in [0.4, 0.5) is 13.6 Å². The summed E-state index contributed by atoms with van der Waals surface area (Å²) in [6, 6.07) is 11.7. The lowest BCUT2D eigenvalue weighted by Crippen LogP contribution is -2.47. The molecule has 0 N–H and O–H groups in total. The first-order valence-electron chi connectivity index (χ1n) is 7.19. The Balaban J connectivity index is 2.27. The Morgan fingerprint density at radius 3 is 2.54 bits per heavy atom. The van der Waals surface area contributed by atoms with Gasteiger partial charge in [0.15, 0.2) is 4.87 Å². The smallest absolute Gasteiger partial charge is 0.329 e. The largest absolute Gasteiger partial charge is 0.341 e. The zero-order chi connectivity index (χ0) is 17.3. The van der Waals surface area contributed by atoms with E-state index in [1.165, 1.54) is 15.5 Å². The van der Waals surface area contributed by atoms with Crippen molar-refractivity contribution >= 4 is 23.3 Å². The van der Waals surface area contributed by atoms with Crippen LogP contribution < -0.4 is 0 Å². The minimum atomic E-state index is -1.30. The van der Waals surface area contributed by atoms with Gasteiger partial charge in [0.2, 0.25) is 0 Å². The zero-order valence-electron chi connectivity index (χ0n) is 13.1. The molecule has 7 heteroatoms. The summed E-state index contributed by atoms with van der Waals surface area (Å²) < 4.78 is 28.4. The van der Waals surface area contributed by atoms with E-state index in [4.69, 9.17) is 0 Å². The SMILES string of the molecule is CN(C)C(=O)N1N=CSC1(c1ccccc1)c1cc(F)ccc1F. The second-order valence-electron chi connectivity index (χ2n) is 5.46. The number of hydrogen-bond donors (Lipinski definition) is 0. The average Bonchev–Trinajstić information content (AvgIpc) is 3.02. The van der Waals surface area contributed by atoms with Crippen LogP contribution in [0.15, 0.2) is 53.6 Å². The molecule has 0 radical (unpaired) electrons. The van der Waals surface area contributed by atoms with Crippen molar-refractivity contribution in [3.05, 3.63) is 71.3 Å². The molecule has 2 aromatic rings. The monoisotopic (exact) mass is 347 g/mol. The second kappa shape index (κ2) is 6.24. The molecule has 1 unspecified atom stereocenters. The van der Waals surface area contributed by atoms with E-state index in [-0.39, 0.29) is 5.56 Å². The van der Waals surface area contributed by atoms with Crippen molar-refractivity contribution in [2.24, 2.45) is 5.10 Å². The highest BCUT2D eigenvalue weighted by atomic mass is 32.2. The lowest BCUT2D eigenvalue weighted by molar-refractivity contribution is 0.153. The summed E-state index contributed by atoms with van der Waals surface area (Å²) in [5.74, 6) is -1.18. The molecule has 24 heavy (non-hydrogen) atoms. The molecule has 0 aromatic heterocycles. The number of hydrogen-bond acceptors (Lipinski definition) is 3. The molecular formula is C17H15F2N3OS. The van der Waals surface area contributed by atoms with Gasteiger partial charge in [-0.2, -0.15) is 10.1 Å². The number of amides is 2. The van der Waals surface area contributed by atoms with Crippen molar-refractivity contribution in [2.75, 3.05) is 14.1 Å². The molecule has 3 rings (SSSR count). The molecular weight excluding hydrogens is 332 g/mol. The third-order valence-electron chi connectivity index (χ3n) is 3.71. The van der Waals surface area contributed by atoms with E-state index >= 15 is 0 Å². The molecule has 0 fully saturated rings. The van der Waals surface area contributed by atoms with Crippen molar-refractivity contribution in [3.8, 4) is 0 Å². The Morgan fingerprint density at radius 1 is 1.17 bits per heavy atom. The Bertz CT molecular complexity index is 798. The van der Waals surface area contributed by atoms with Gasteiger partial charge in [-0.25, -0.2) is 13.6 Å². The lowest BCUT2D eigenvalue weighted by atomic mass is 9.96. The lowest BCUT2D eigenvalue weighted by Gasteiger charge is -2.37. The molecule has 124 valence electrons. The van der Waals surface area contributed by atoms with Crippen LogP contribution >= 0.6 is 11.8 Å². The normalized spacial score (nSPS) is 19.6. The summed E-state index contributed by atoms with van der Waals surface area (Å²) in [6.45, 7) is 0. The van der Waals surface area contributed by atoms with Crippen LogP contribution in [0.25, 0.3) is 0 Å². The topological polar surface area (TPSA) is 35.9 Å². The van der Waals surface area contributed by atoms with Gasteiger partial charge in [-0.05, 0) is 23.8 Å². The van der Waals surface area contributed by atoms with E-state index in [2.05, 4.69) is 5.10 Å². The average molecular weight is 347 g/mol. The van der Waals surface area contributed by atoms with Crippen LogP contribution in [0.1, 0.15) is 11.1 Å². The third-order valence-corrected chi connectivity index (χ3v) is 4.88. The molecule has 1 aliphatic rings. The van der Waals surface area contributed by atoms with Crippen molar-refractivity contribution in [3.63, 3.8) is 0 Å². The van der Waals surface area contributed by atoms with E-state index in [1.54, 1.807) is 38.4 Å². The maximum atomic E-state index is 14.6. The van der Waals surface area contributed by atoms with Crippen LogP contribution in [-0.4, -0.2) is 35.6 Å². The minimum absolute atomic E-state index is 0.0476. The summed E-state index contributed by atoms with van der Waals surface area (Å²) in [4.78, 5) is 12.7. The summed E-state index contributed by atoms with van der Waals surface area (Å²) in [7, 11) is 3.16. The van der Waals surface area contributed by atoms with Gasteiger partial charge in [0.25, 0.3) is 0 Å². The molecule has 0 spiro atoms. The van der Waals surface area contributed by atoms with Gasteiger partial charge in [-0.3, -0.25) is 0 Å². The summed E-state index contributed by atoms with van der Waals surface area (Å²) >= 11 is 1.15. The Labute approximate surface area is 142 Å². The highest BCUT2D eigenvalue weighted by molar-refractivity contribution is 8.13. The summed E-state index contributed by atoms with van der Waals surface area (Å²) in [6.07, 6.45) is 0. The molecule has 2 amide bonds. The maximum absolute atomic E-state index is 14.6. The highest BCUT2D eigenvalue weighted by Gasteiger charge is 2.49. The number of rotatable bonds is 2. The highest BCUT2D eigenvalue weighted by Crippen LogP contribution is 2.49. The molecule has 0 saturated heterocycles. The van der Waals surface area contributed by atoms with Crippen LogP contribution in [0.3, 0.4) is 0 Å². The van der Waals surface area contributed by atoms with Crippen LogP contribution in [-0.2, 0) is 4.87 Å². The molecule has 0 bridgehead atoms. The van der Waals surface area contributed by atoms with Gasteiger partial charge >= 0.3 is 6.03 Å². The van der Waals surface area contributed by atoms with Crippen LogP contribution in [0.5, 0.6) is 0 Å². The number of benzene rings is 2. The summed E-state index contributed by atoms with van der Waals surface area (Å²) in [5, 5.41) is 5.31. The standard InChI is InChI=1S/C17H15F2N3OS/c1-21(2)16(23)22-17(24-11-20-22,12-6-4-3-5-7-12)14-10-13(18)8-9-15(14)19/h3-11H,1-2H3. The van der Waals surface area contributed by atoms with Crippen LogP contribution in [0, 0.1) is 11.6 Å². The van der Waals surface area contributed by atoms with Gasteiger partial charge in [0, 0.05) is 19.7 Å². The first-order chi connectivity index (χ1) is 11.5. The fourth-order valence-electron chi connectivity index (χ4n) is 2.60. The van der Waals surface area contributed by atoms with Crippen LogP contribution in [0.2, 0.25) is 0 Å². The predicted octanol–water partition coefficient (Wildman–Crippen LogP) is 3.84. The number of nitrogens with zero attached hydrogens (tertiary/aromatic N) is 3. The second-order valence-corrected chi connectivity index (χ2v) is 6.50. The fourth-order valence-corrected chi connectivity index (χ4v) is 3.67. The Hall–Kier alpha value is -2.41. The van der Waals surface area contributed by atoms with Crippen molar-refractivity contribution in [1.29, 1.82) is 0 Å². The van der Waals surface area contributed by atoms with Crippen molar-refractivity contribution in [2.45, 2.75) is 4.87 Å². The molecule has 2 aromatic carbocycles. The van der Waals surface area contributed by atoms with Crippen molar-refractivity contribution in [1.82, 2.24) is 9.91 Å². The van der Waals surface area contributed by atoms with Gasteiger partial charge in [-0.15, -0.1) is 0 Å². The van der Waals surface area contributed by atoms with E-state index < -0.39 is 22.5 Å². The quantitative estimate of drug-likeness (QED) is 0.827. The molecule has 1 atom stereocenters. The molecule has 4 nitrogen and oxygen atoms in total. The van der Waals surface area contributed by atoms with Crippen molar-refractivity contribution < 1.29 is 13.6 Å². The molecule has 1 aliphatic heterocycles. The number of carbonyl (C=O) groups excluding carboxylic acids is 1. The molecule has 0 aliphatic carbocycles. The number of hydrazone groups is 1.